The van der Waals surface area contributed by atoms with E-state index < -0.39 is 0 Å². The van der Waals surface area contributed by atoms with Crippen molar-refractivity contribution in [3.05, 3.63) is 23.9 Å². The Bertz CT molecular complexity index is 282. The fraction of sp³-hybridized carbons (Fsp3) is 0.583. The van der Waals surface area contributed by atoms with E-state index in [0.29, 0.717) is 11.9 Å². The molecule has 0 saturated heterocycles. The van der Waals surface area contributed by atoms with Gasteiger partial charge >= 0.3 is 0 Å². The number of alkyl halides is 1. The zero-order valence-electron chi connectivity index (χ0n) is 9.70. The molecule has 0 unspecified atom stereocenters. The van der Waals surface area contributed by atoms with Crippen molar-refractivity contribution in [3.63, 3.8) is 0 Å². The Morgan fingerprint density at radius 1 is 1.40 bits per heavy atom. The van der Waals surface area contributed by atoms with Gasteiger partial charge in [-0.1, -0.05) is 6.07 Å². The smallest absolute Gasteiger partial charge is 0.128 e. The van der Waals surface area contributed by atoms with Gasteiger partial charge in [-0.3, -0.25) is 0 Å². The van der Waals surface area contributed by atoms with Gasteiger partial charge in [-0.05, 0) is 38.8 Å². The van der Waals surface area contributed by atoms with Crippen LogP contribution in [0.3, 0.4) is 0 Å². The number of hydrogen-bond acceptors (Lipinski definition) is 2. The van der Waals surface area contributed by atoms with Crippen LogP contribution in [-0.4, -0.2) is 23.5 Å². The molecule has 0 bridgehead atoms. The summed E-state index contributed by atoms with van der Waals surface area (Å²) in [6, 6.07) is 4.63. The molecule has 0 aliphatic rings. The highest BCUT2D eigenvalue weighted by Crippen LogP contribution is 2.14. The Morgan fingerprint density at radius 2 is 2.13 bits per heavy atom. The fourth-order valence-corrected chi connectivity index (χ4v) is 1.62. The molecule has 0 aliphatic heterocycles. The Morgan fingerprint density at radius 3 is 2.60 bits per heavy atom. The van der Waals surface area contributed by atoms with E-state index in [0.717, 1.165) is 18.8 Å². The Kier molecular flexibility index (Phi) is 4.89. The normalized spacial score (nSPS) is 10.7. The van der Waals surface area contributed by atoms with E-state index in [1.165, 1.54) is 5.56 Å². The first-order valence-corrected chi connectivity index (χ1v) is 5.94. The zero-order valence-corrected chi connectivity index (χ0v) is 10.5. The molecule has 1 aromatic heterocycles. The minimum absolute atomic E-state index is 0.462. The number of aryl methyl sites for hydroxylation is 1. The maximum Gasteiger partial charge on any atom is 0.128 e. The molecule has 0 aromatic carbocycles. The Balaban J connectivity index is 2.74. The van der Waals surface area contributed by atoms with Crippen molar-refractivity contribution in [1.29, 1.82) is 0 Å². The van der Waals surface area contributed by atoms with Gasteiger partial charge in [0.2, 0.25) is 0 Å². The summed E-state index contributed by atoms with van der Waals surface area (Å²) < 4.78 is 0. The lowest BCUT2D eigenvalue weighted by atomic mass is 10.2. The molecule has 0 aliphatic carbocycles. The largest absolute Gasteiger partial charge is 0.354 e. The third-order valence-electron chi connectivity index (χ3n) is 2.35. The molecule has 1 rings (SSSR count). The first kappa shape index (κ1) is 12.3. The number of anilines is 1. The lowest BCUT2D eigenvalue weighted by Gasteiger charge is -2.27. The van der Waals surface area contributed by atoms with Crippen molar-refractivity contribution in [2.75, 3.05) is 17.3 Å². The highest BCUT2D eigenvalue weighted by Gasteiger charge is 2.10. The molecule has 0 atom stereocenters. The summed E-state index contributed by atoms with van der Waals surface area (Å²) in [5.41, 5.74) is 1.19. The second-order valence-electron chi connectivity index (χ2n) is 4.02. The van der Waals surface area contributed by atoms with E-state index in [2.05, 4.69) is 42.8 Å². The van der Waals surface area contributed by atoms with Crippen molar-refractivity contribution >= 4 is 17.4 Å². The van der Waals surface area contributed by atoms with Gasteiger partial charge in [0.15, 0.2) is 0 Å². The van der Waals surface area contributed by atoms with Crippen molar-refractivity contribution < 1.29 is 0 Å². The number of rotatable bonds is 5. The SMILES string of the molecule is Cc1ccc(N(CCCCl)C(C)C)nc1. The Hall–Kier alpha value is -0.760. The van der Waals surface area contributed by atoms with Crippen LogP contribution in [0.4, 0.5) is 5.82 Å². The summed E-state index contributed by atoms with van der Waals surface area (Å²) in [5, 5.41) is 0. The van der Waals surface area contributed by atoms with Gasteiger partial charge in [0, 0.05) is 24.7 Å². The highest BCUT2D eigenvalue weighted by molar-refractivity contribution is 6.17. The third kappa shape index (κ3) is 3.71. The van der Waals surface area contributed by atoms with Crippen molar-refractivity contribution in [1.82, 2.24) is 4.98 Å². The predicted octanol–water partition coefficient (Wildman–Crippen LogP) is 3.23. The van der Waals surface area contributed by atoms with Gasteiger partial charge in [-0.15, -0.1) is 11.6 Å². The van der Waals surface area contributed by atoms with Crippen LogP contribution in [0.1, 0.15) is 25.8 Å². The highest BCUT2D eigenvalue weighted by atomic mass is 35.5. The quantitative estimate of drug-likeness (QED) is 0.717. The number of halogens is 1. The van der Waals surface area contributed by atoms with Gasteiger partial charge in [0.25, 0.3) is 0 Å². The lowest BCUT2D eigenvalue weighted by molar-refractivity contribution is 0.663. The van der Waals surface area contributed by atoms with Gasteiger partial charge in [-0.25, -0.2) is 4.98 Å². The van der Waals surface area contributed by atoms with Gasteiger partial charge in [0.1, 0.15) is 5.82 Å². The number of nitrogens with zero attached hydrogens (tertiary/aromatic N) is 2. The van der Waals surface area contributed by atoms with E-state index >= 15 is 0 Å². The molecule has 0 spiro atoms. The summed E-state index contributed by atoms with van der Waals surface area (Å²) in [6.45, 7) is 7.37. The summed E-state index contributed by atoms with van der Waals surface area (Å²) in [5.74, 6) is 1.75. The van der Waals surface area contributed by atoms with Crippen LogP contribution in [0.5, 0.6) is 0 Å². The van der Waals surface area contributed by atoms with Crippen molar-refractivity contribution in [2.24, 2.45) is 0 Å². The zero-order chi connectivity index (χ0) is 11.3. The molecule has 2 nitrogen and oxygen atoms in total. The minimum Gasteiger partial charge on any atom is -0.354 e. The monoisotopic (exact) mass is 226 g/mol. The molecule has 0 fully saturated rings. The van der Waals surface area contributed by atoms with E-state index in [-0.39, 0.29) is 0 Å². The van der Waals surface area contributed by atoms with Crippen LogP contribution in [0.2, 0.25) is 0 Å². The second kappa shape index (κ2) is 5.96. The molecular formula is C12H19ClN2. The summed E-state index contributed by atoms with van der Waals surface area (Å²) in [6.07, 6.45) is 2.90. The first-order chi connectivity index (χ1) is 7.15. The first-order valence-electron chi connectivity index (χ1n) is 5.40. The maximum absolute atomic E-state index is 5.72. The molecule has 1 heterocycles. The van der Waals surface area contributed by atoms with Crippen LogP contribution in [-0.2, 0) is 0 Å². The summed E-state index contributed by atoms with van der Waals surface area (Å²) >= 11 is 5.72. The molecule has 3 heteroatoms. The molecule has 15 heavy (non-hydrogen) atoms. The topological polar surface area (TPSA) is 16.1 Å². The minimum atomic E-state index is 0.462. The van der Waals surface area contributed by atoms with E-state index in [4.69, 9.17) is 11.6 Å². The van der Waals surface area contributed by atoms with Crippen LogP contribution in [0.15, 0.2) is 18.3 Å². The van der Waals surface area contributed by atoms with Crippen molar-refractivity contribution in [3.8, 4) is 0 Å². The van der Waals surface area contributed by atoms with Crippen LogP contribution < -0.4 is 4.90 Å². The van der Waals surface area contributed by atoms with Gasteiger partial charge in [-0.2, -0.15) is 0 Å². The molecule has 0 amide bonds. The molecule has 0 radical (unpaired) electrons. The molecule has 84 valence electrons. The molecule has 0 saturated carbocycles. The molecule has 0 N–H and O–H groups in total. The predicted molar refractivity (Wildman–Crippen MR) is 66.8 cm³/mol. The van der Waals surface area contributed by atoms with E-state index in [1.807, 2.05) is 6.20 Å². The Labute approximate surface area is 97.3 Å². The number of hydrogen-bond donors (Lipinski definition) is 0. The maximum atomic E-state index is 5.72. The molecule has 1 aromatic rings. The van der Waals surface area contributed by atoms with Crippen LogP contribution in [0.25, 0.3) is 0 Å². The van der Waals surface area contributed by atoms with Gasteiger partial charge in [0.05, 0.1) is 0 Å². The summed E-state index contributed by atoms with van der Waals surface area (Å²) in [4.78, 5) is 6.72. The van der Waals surface area contributed by atoms with Crippen LogP contribution in [0, 0.1) is 6.92 Å². The lowest BCUT2D eigenvalue weighted by Crippen LogP contribution is -2.32. The van der Waals surface area contributed by atoms with Crippen molar-refractivity contribution in [2.45, 2.75) is 33.2 Å². The fourth-order valence-electron chi connectivity index (χ4n) is 1.50. The van der Waals surface area contributed by atoms with E-state index in [9.17, 15) is 0 Å². The average molecular weight is 227 g/mol. The second-order valence-corrected chi connectivity index (χ2v) is 4.40. The number of aromatic nitrogens is 1. The standard InChI is InChI=1S/C12H19ClN2/c1-10(2)15(8-4-7-13)12-6-5-11(3)9-14-12/h5-6,9-10H,4,7-8H2,1-3H3. The van der Waals surface area contributed by atoms with Gasteiger partial charge < -0.3 is 4.90 Å². The average Bonchev–Trinajstić information content (AvgIpc) is 2.21. The third-order valence-corrected chi connectivity index (χ3v) is 2.61. The number of pyridine rings is 1. The van der Waals surface area contributed by atoms with Crippen LogP contribution >= 0.6 is 11.6 Å². The van der Waals surface area contributed by atoms with E-state index in [1.54, 1.807) is 0 Å². The molecular weight excluding hydrogens is 208 g/mol. The summed E-state index contributed by atoms with van der Waals surface area (Å²) in [7, 11) is 0.